The second kappa shape index (κ2) is 12.1. The van der Waals surface area contributed by atoms with Gasteiger partial charge in [0.2, 0.25) is 16.9 Å². The summed E-state index contributed by atoms with van der Waals surface area (Å²) >= 11 is 1.31. The minimum Gasteiger partial charge on any atom is -0.497 e. The highest BCUT2D eigenvalue weighted by molar-refractivity contribution is 7.18. The zero-order chi connectivity index (χ0) is 24.6. The van der Waals surface area contributed by atoms with Crippen LogP contribution in [0.4, 0.5) is 5.13 Å². The molecule has 2 atom stereocenters. The maximum absolute atomic E-state index is 13.0. The van der Waals surface area contributed by atoms with E-state index in [0.29, 0.717) is 29.0 Å². The number of hydrogen-bond donors (Lipinski definition) is 1. The Morgan fingerprint density at radius 1 is 1.21 bits per heavy atom. The molecule has 8 heteroatoms. The average Bonchev–Trinajstić information content (AvgIpc) is 3.20. The number of carbonyl (C=O) groups is 2. The van der Waals surface area contributed by atoms with Gasteiger partial charge in [0.1, 0.15) is 10.8 Å². The van der Waals surface area contributed by atoms with Crippen molar-refractivity contribution in [1.29, 1.82) is 0 Å². The molecule has 2 rings (SSSR count). The number of hydrogen-bond acceptors (Lipinski definition) is 6. The van der Waals surface area contributed by atoms with E-state index >= 15 is 0 Å². The smallest absolute Gasteiger partial charge is 0.227 e. The molecule has 0 spiro atoms. The molecule has 0 bridgehead atoms. The second-order valence-corrected chi connectivity index (χ2v) is 10.8. The maximum atomic E-state index is 13.0. The van der Waals surface area contributed by atoms with E-state index in [0.717, 1.165) is 24.2 Å². The van der Waals surface area contributed by atoms with E-state index in [4.69, 9.17) is 4.74 Å². The molecule has 2 amide bonds. The summed E-state index contributed by atoms with van der Waals surface area (Å²) in [5.74, 6) is 0.978. The predicted octanol–water partition coefficient (Wildman–Crippen LogP) is 5.63. The normalized spacial score (nSPS) is 13.3. The topological polar surface area (TPSA) is 84.4 Å². The van der Waals surface area contributed by atoms with Gasteiger partial charge < -0.3 is 15.0 Å². The lowest BCUT2D eigenvalue weighted by molar-refractivity contribution is -0.134. The van der Waals surface area contributed by atoms with Gasteiger partial charge in [0, 0.05) is 31.0 Å². The van der Waals surface area contributed by atoms with Gasteiger partial charge in [-0.1, -0.05) is 58.1 Å². The van der Waals surface area contributed by atoms with E-state index in [-0.39, 0.29) is 29.7 Å². The summed E-state index contributed by atoms with van der Waals surface area (Å²) < 4.78 is 5.25. The van der Waals surface area contributed by atoms with Gasteiger partial charge in [-0.25, -0.2) is 0 Å². The number of nitrogens with one attached hydrogen (secondary N) is 1. The summed E-state index contributed by atoms with van der Waals surface area (Å²) in [6, 6.07) is 7.64. The van der Waals surface area contributed by atoms with E-state index in [1.165, 1.54) is 11.3 Å². The molecule has 0 aliphatic carbocycles. The third-order valence-corrected chi connectivity index (χ3v) is 6.38. The monoisotopic (exact) mass is 474 g/mol. The van der Waals surface area contributed by atoms with Crippen LogP contribution in [-0.2, 0) is 9.59 Å². The fourth-order valence-corrected chi connectivity index (χ4v) is 4.65. The van der Waals surface area contributed by atoms with Crippen LogP contribution >= 0.6 is 11.3 Å². The fraction of sp³-hybridized carbons (Fsp3) is 0.600. The van der Waals surface area contributed by atoms with Gasteiger partial charge in [-0.15, -0.1) is 10.2 Å². The standard InChI is InChI=1S/C25H38N4O3S/c1-8-18(3)29(22(31)14-17(2)16-25(4,5)6)13-12-21(30)26-24-28-27-23(33-24)19-10-9-11-20(15-19)32-7/h9-11,15,17-18H,8,12-14,16H2,1-7H3,(H,26,28,30)/t17-,18+/m1/s1. The van der Waals surface area contributed by atoms with Crippen LogP contribution in [0.25, 0.3) is 10.6 Å². The van der Waals surface area contributed by atoms with Crippen molar-refractivity contribution in [1.82, 2.24) is 15.1 Å². The largest absolute Gasteiger partial charge is 0.497 e. The number of anilines is 1. The Bertz CT molecular complexity index is 922. The molecule has 0 radical (unpaired) electrons. The van der Waals surface area contributed by atoms with Crippen molar-refractivity contribution in [3.63, 3.8) is 0 Å². The van der Waals surface area contributed by atoms with E-state index in [1.54, 1.807) is 7.11 Å². The van der Waals surface area contributed by atoms with Gasteiger partial charge in [-0.05, 0) is 43.2 Å². The number of nitrogens with zero attached hydrogens (tertiary/aromatic N) is 3. The Morgan fingerprint density at radius 3 is 2.58 bits per heavy atom. The molecule has 0 unspecified atom stereocenters. The number of carbonyl (C=O) groups excluding carboxylic acids is 2. The van der Waals surface area contributed by atoms with E-state index < -0.39 is 0 Å². The Labute approximate surface area is 201 Å². The maximum Gasteiger partial charge on any atom is 0.227 e. The molecule has 33 heavy (non-hydrogen) atoms. The first-order valence-corrected chi connectivity index (χ1v) is 12.4. The molecular weight excluding hydrogens is 436 g/mol. The number of rotatable bonds is 11. The molecule has 1 aromatic heterocycles. The van der Waals surface area contributed by atoms with Crippen molar-refractivity contribution in [2.24, 2.45) is 11.3 Å². The molecule has 182 valence electrons. The molecule has 1 heterocycles. The SMILES string of the molecule is CC[C@H](C)N(CCC(=O)Nc1nnc(-c2cccc(OC)c2)s1)C(=O)C[C@@H](C)CC(C)(C)C. The van der Waals surface area contributed by atoms with Crippen LogP contribution in [0.15, 0.2) is 24.3 Å². The van der Waals surface area contributed by atoms with Gasteiger partial charge >= 0.3 is 0 Å². The number of methoxy groups -OCH3 is 1. The number of ether oxygens (including phenoxy) is 1. The number of aromatic nitrogens is 2. The molecule has 7 nitrogen and oxygen atoms in total. The Balaban J connectivity index is 1.95. The minimum absolute atomic E-state index is 0.0910. The van der Waals surface area contributed by atoms with Gasteiger partial charge in [0.05, 0.1) is 7.11 Å². The molecule has 1 aromatic carbocycles. The second-order valence-electron chi connectivity index (χ2n) is 9.86. The lowest BCUT2D eigenvalue weighted by Crippen LogP contribution is -2.41. The molecule has 0 fully saturated rings. The first-order chi connectivity index (χ1) is 15.5. The summed E-state index contributed by atoms with van der Waals surface area (Å²) in [4.78, 5) is 27.4. The third kappa shape index (κ3) is 8.76. The highest BCUT2D eigenvalue weighted by Gasteiger charge is 2.24. The van der Waals surface area contributed by atoms with Gasteiger partial charge in [0.15, 0.2) is 0 Å². The van der Waals surface area contributed by atoms with Crippen LogP contribution in [-0.4, -0.2) is 46.6 Å². The average molecular weight is 475 g/mol. The summed E-state index contributed by atoms with van der Waals surface area (Å²) in [7, 11) is 1.61. The molecule has 1 N–H and O–H groups in total. The van der Waals surface area contributed by atoms with Crippen molar-refractivity contribution in [2.75, 3.05) is 19.0 Å². The quantitative estimate of drug-likeness (QED) is 0.456. The van der Waals surface area contributed by atoms with Crippen LogP contribution in [0.2, 0.25) is 0 Å². The third-order valence-electron chi connectivity index (χ3n) is 5.49. The van der Waals surface area contributed by atoms with Gasteiger partial charge in [-0.3, -0.25) is 9.59 Å². The van der Waals surface area contributed by atoms with E-state index in [9.17, 15) is 9.59 Å². The summed E-state index contributed by atoms with van der Waals surface area (Å²) in [5, 5.41) is 12.2. The van der Waals surface area contributed by atoms with Gasteiger partial charge in [-0.2, -0.15) is 0 Å². The Kier molecular flexibility index (Phi) is 9.83. The molecule has 0 aliphatic heterocycles. The molecule has 2 aromatic rings. The molecular formula is C25H38N4O3S. The van der Waals surface area contributed by atoms with Crippen molar-refractivity contribution >= 4 is 28.3 Å². The Hall–Kier alpha value is -2.48. The molecule has 0 aliphatic rings. The van der Waals surface area contributed by atoms with Crippen molar-refractivity contribution < 1.29 is 14.3 Å². The van der Waals surface area contributed by atoms with Crippen molar-refractivity contribution in [2.45, 2.75) is 73.3 Å². The van der Waals surface area contributed by atoms with Crippen LogP contribution in [0.1, 0.15) is 67.2 Å². The zero-order valence-corrected chi connectivity index (χ0v) is 21.8. The Morgan fingerprint density at radius 2 is 1.94 bits per heavy atom. The van der Waals surface area contributed by atoms with Crippen molar-refractivity contribution in [3.05, 3.63) is 24.3 Å². The summed E-state index contributed by atoms with van der Waals surface area (Å²) in [6.45, 7) is 13.2. The lowest BCUT2D eigenvalue weighted by atomic mass is 9.84. The zero-order valence-electron chi connectivity index (χ0n) is 21.0. The first-order valence-electron chi connectivity index (χ1n) is 11.6. The summed E-state index contributed by atoms with van der Waals surface area (Å²) in [5.41, 5.74) is 1.07. The lowest BCUT2D eigenvalue weighted by Gasteiger charge is -2.31. The van der Waals surface area contributed by atoms with Gasteiger partial charge in [0.25, 0.3) is 0 Å². The fourth-order valence-electron chi connectivity index (χ4n) is 3.89. The minimum atomic E-state index is -0.174. The summed E-state index contributed by atoms with van der Waals surface area (Å²) in [6.07, 6.45) is 2.56. The highest BCUT2D eigenvalue weighted by Crippen LogP contribution is 2.29. The number of amides is 2. The predicted molar refractivity (Wildman–Crippen MR) is 134 cm³/mol. The van der Waals surface area contributed by atoms with Crippen LogP contribution in [0, 0.1) is 11.3 Å². The highest BCUT2D eigenvalue weighted by atomic mass is 32.1. The number of benzene rings is 1. The van der Waals surface area contributed by atoms with E-state index in [1.807, 2.05) is 36.1 Å². The van der Waals surface area contributed by atoms with Crippen LogP contribution < -0.4 is 10.1 Å². The molecule has 0 saturated carbocycles. The van der Waals surface area contributed by atoms with Crippen LogP contribution in [0.5, 0.6) is 5.75 Å². The van der Waals surface area contributed by atoms with E-state index in [2.05, 4.69) is 50.1 Å². The first kappa shape index (κ1) is 26.8. The molecule has 0 saturated heterocycles. The van der Waals surface area contributed by atoms with Crippen molar-refractivity contribution in [3.8, 4) is 16.3 Å². The van der Waals surface area contributed by atoms with Crippen LogP contribution in [0.3, 0.4) is 0 Å².